The second-order valence-electron chi connectivity index (χ2n) is 8.22. The van der Waals surface area contributed by atoms with E-state index < -0.39 is 0 Å². The van der Waals surface area contributed by atoms with Gasteiger partial charge in [0.25, 0.3) is 0 Å². The third-order valence-electron chi connectivity index (χ3n) is 5.98. The number of nitriles is 1. The van der Waals surface area contributed by atoms with Gasteiger partial charge in [0, 0.05) is 21.4 Å². The van der Waals surface area contributed by atoms with Gasteiger partial charge in [-0.25, -0.2) is 0 Å². The van der Waals surface area contributed by atoms with Crippen molar-refractivity contribution in [2.45, 2.75) is 62.7 Å². The Balaban J connectivity index is 1.33. The molecule has 2 N–H and O–H groups in total. The maximum atomic E-state index is 12.5. The molecule has 2 amide bonds. The molecule has 1 saturated carbocycles. The summed E-state index contributed by atoms with van der Waals surface area (Å²) >= 11 is 2.98. The Labute approximate surface area is 191 Å². The molecule has 0 bridgehead atoms. The maximum absolute atomic E-state index is 12.5. The number of nitrogens with zero attached hydrogens (tertiary/aromatic N) is 1. The molecule has 31 heavy (non-hydrogen) atoms. The van der Waals surface area contributed by atoms with Gasteiger partial charge in [-0.05, 0) is 62.3 Å². The van der Waals surface area contributed by atoms with Crippen molar-refractivity contribution in [2.24, 2.45) is 5.92 Å². The van der Waals surface area contributed by atoms with Gasteiger partial charge in [0.1, 0.15) is 11.1 Å². The van der Waals surface area contributed by atoms with Crippen molar-refractivity contribution in [1.29, 1.82) is 5.26 Å². The predicted molar refractivity (Wildman–Crippen MR) is 127 cm³/mol. The summed E-state index contributed by atoms with van der Waals surface area (Å²) in [6, 6.07) is 9.94. The molecule has 2 aliphatic carbocycles. The zero-order valence-corrected chi connectivity index (χ0v) is 19.2. The molecule has 0 spiro atoms. The van der Waals surface area contributed by atoms with E-state index in [2.05, 4.69) is 16.7 Å². The van der Waals surface area contributed by atoms with Gasteiger partial charge in [-0.1, -0.05) is 25.3 Å². The fourth-order valence-electron chi connectivity index (χ4n) is 4.36. The van der Waals surface area contributed by atoms with E-state index in [0.717, 1.165) is 67.5 Å². The number of thioether (sulfide) groups is 1. The SMILES string of the molecule is N#Cc1c(NC(=O)CSc2cccc(NC(=O)C3CCCCC3)c2)sc2c1CCCC2. The lowest BCUT2D eigenvalue weighted by Crippen LogP contribution is -2.24. The standard InChI is InChI=1S/C24H27N3O2S2/c25-14-20-19-11-4-5-12-21(19)31-24(20)27-22(28)15-30-18-10-6-9-17(13-18)26-23(29)16-7-2-1-3-8-16/h6,9-10,13,16H,1-5,7-8,11-12,15H2,(H,26,29)(H,27,28). The first-order chi connectivity index (χ1) is 15.1. The zero-order valence-electron chi connectivity index (χ0n) is 17.5. The molecule has 1 heterocycles. The lowest BCUT2D eigenvalue weighted by atomic mass is 9.88. The van der Waals surface area contributed by atoms with Gasteiger partial charge in [0.2, 0.25) is 11.8 Å². The summed E-state index contributed by atoms with van der Waals surface area (Å²) in [4.78, 5) is 27.2. The van der Waals surface area contributed by atoms with Crippen molar-refractivity contribution < 1.29 is 9.59 Å². The number of amides is 2. The number of carbonyl (C=O) groups excluding carboxylic acids is 2. The van der Waals surface area contributed by atoms with Crippen molar-refractivity contribution in [1.82, 2.24) is 0 Å². The van der Waals surface area contributed by atoms with E-state index >= 15 is 0 Å². The van der Waals surface area contributed by atoms with Crippen LogP contribution in [0.3, 0.4) is 0 Å². The van der Waals surface area contributed by atoms with Gasteiger partial charge >= 0.3 is 0 Å². The second-order valence-corrected chi connectivity index (χ2v) is 10.4. The summed E-state index contributed by atoms with van der Waals surface area (Å²) in [6.07, 6.45) is 9.60. The van der Waals surface area contributed by atoms with Crippen molar-refractivity contribution in [2.75, 3.05) is 16.4 Å². The number of anilines is 2. The number of benzene rings is 1. The Morgan fingerprint density at radius 1 is 1.10 bits per heavy atom. The van der Waals surface area contributed by atoms with Crippen LogP contribution >= 0.6 is 23.1 Å². The van der Waals surface area contributed by atoms with Crippen LogP contribution in [0.1, 0.15) is 60.9 Å². The summed E-state index contributed by atoms with van der Waals surface area (Å²) in [5, 5.41) is 16.2. The van der Waals surface area contributed by atoms with Crippen LogP contribution in [0.4, 0.5) is 10.7 Å². The summed E-state index contributed by atoms with van der Waals surface area (Å²) in [5.74, 6) is 0.358. The zero-order chi connectivity index (χ0) is 21.6. The van der Waals surface area contributed by atoms with Crippen LogP contribution in [0.15, 0.2) is 29.2 Å². The molecule has 0 radical (unpaired) electrons. The highest BCUT2D eigenvalue weighted by atomic mass is 32.2. The second kappa shape index (κ2) is 10.3. The smallest absolute Gasteiger partial charge is 0.235 e. The van der Waals surface area contributed by atoms with E-state index in [1.54, 1.807) is 11.3 Å². The van der Waals surface area contributed by atoms with Crippen LogP contribution in [0.25, 0.3) is 0 Å². The fraction of sp³-hybridized carbons (Fsp3) is 0.458. The van der Waals surface area contributed by atoms with E-state index in [1.807, 2.05) is 24.3 Å². The monoisotopic (exact) mass is 453 g/mol. The molecule has 0 atom stereocenters. The summed E-state index contributed by atoms with van der Waals surface area (Å²) in [7, 11) is 0. The number of hydrogen-bond acceptors (Lipinski definition) is 5. The first-order valence-electron chi connectivity index (χ1n) is 11.0. The molecule has 2 aromatic rings. The highest BCUT2D eigenvalue weighted by Crippen LogP contribution is 2.37. The first kappa shape index (κ1) is 21.9. The van der Waals surface area contributed by atoms with E-state index in [4.69, 9.17) is 0 Å². The molecular weight excluding hydrogens is 426 g/mol. The van der Waals surface area contributed by atoms with Gasteiger partial charge in [-0.2, -0.15) is 5.26 Å². The lowest BCUT2D eigenvalue weighted by Gasteiger charge is -2.20. The first-order valence-corrected chi connectivity index (χ1v) is 12.8. The van der Waals surface area contributed by atoms with E-state index in [-0.39, 0.29) is 23.5 Å². The average Bonchev–Trinajstić information content (AvgIpc) is 3.15. The van der Waals surface area contributed by atoms with Crippen LogP contribution in [0.5, 0.6) is 0 Å². The molecular formula is C24H27N3O2S2. The Hall–Kier alpha value is -2.30. The molecule has 1 aromatic carbocycles. The van der Waals surface area contributed by atoms with Crippen LogP contribution in [0.2, 0.25) is 0 Å². The summed E-state index contributed by atoms with van der Waals surface area (Å²) in [6.45, 7) is 0. The van der Waals surface area contributed by atoms with E-state index in [9.17, 15) is 14.9 Å². The molecule has 162 valence electrons. The third-order valence-corrected chi connectivity index (χ3v) is 8.18. The van der Waals surface area contributed by atoms with Crippen molar-refractivity contribution in [3.8, 4) is 6.07 Å². The van der Waals surface area contributed by atoms with Crippen LogP contribution < -0.4 is 10.6 Å². The number of thiophene rings is 1. The minimum atomic E-state index is -0.114. The van der Waals surface area contributed by atoms with E-state index in [0.29, 0.717) is 10.6 Å². The number of hydrogen-bond donors (Lipinski definition) is 2. The number of aryl methyl sites for hydroxylation is 1. The van der Waals surface area contributed by atoms with Crippen LogP contribution in [-0.2, 0) is 22.4 Å². The molecule has 0 aliphatic heterocycles. The number of rotatable bonds is 6. The Bertz CT molecular complexity index is 1000. The minimum absolute atomic E-state index is 0.102. The third kappa shape index (κ3) is 5.50. The van der Waals surface area contributed by atoms with Crippen LogP contribution in [0, 0.1) is 17.2 Å². The average molecular weight is 454 g/mol. The Kier molecular flexibility index (Phi) is 7.31. The normalized spacial score (nSPS) is 16.2. The molecule has 4 rings (SSSR count). The van der Waals surface area contributed by atoms with Crippen LogP contribution in [-0.4, -0.2) is 17.6 Å². The minimum Gasteiger partial charge on any atom is -0.326 e. The lowest BCUT2D eigenvalue weighted by molar-refractivity contribution is -0.120. The van der Waals surface area contributed by atoms with Gasteiger partial charge in [-0.3, -0.25) is 9.59 Å². The van der Waals surface area contributed by atoms with Crippen molar-refractivity contribution in [3.05, 3.63) is 40.3 Å². The molecule has 7 heteroatoms. The number of fused-ring (bicyclic) bond motifs is 1. The van der Waals surface area contributed by atoms with Gasteiger partial charge < -0.3 is 10.6 Å². The molecule has 1 aromatic heterocycles. The van der Waals surface area contributed by atoms with Gasteiger partial charge in [-0.15, -0.1) is 23.1 Å². The highest BCUT2D eigenvalue weighted by Gasteiger charge is 2.22. The molecule has 0 saturated heterocycles. The maximum Gasteiger partial charge on any atom is 0.235 e. The Morgan fingerprint density at radius 3 is 2.71 bits per heavy atom. The molecule has 2 aliphatic rings. The molecule has 1 fully saturated rings. The van der Waals surface area contributed by atoms with Gasteiger partial charge in [0.15, 0.2) is 0 Å². The van der Waals surface area contributed by atoms with Crippen molar-refractivity contribution >= 4 is 45.6 Å². The topological polar surface area (TPSA) is 82.0 Å². The predicted octanol–water partition coefficient (Wildman–Crippen LogP) is 5.75. The van der Waals surface area contributed by atoms with E-state index in [1.165, 1.54) is 23.1 Å². The highest BCUT2D eigenvalue weighted by molar-refractivity contribution is 8.00. The fourth-order valence-corrected chi connectivity index (χ4v) is 6.37. The van der Waals surface area contributed by atoms with Crippen molar-refractivity contribution in [3.63, 3.8) is 0 Å². The molecule has 5 nitrogen and oxygen atoms in total. The number of nitrogens with one attached hydrogen (secondary N) is 2. The molecule has 0 unspecified atom stereocenters. The largest absolute Gasteiger partial charge is 0.326 e. The van der Waals surface area contributed by atoms with Gasteiger partial charge in [0.05, 0.1) is 11.3 Å². The summed E-state index contributed by atoms with van der Waals surface area (Å²) in [5.41, 5.74) is 2.55. The Morgan fingerprint density at radius 2 is 1.90 bits per heavy atom. The summed E-state index contributed by atoms with van der Waals surface area (Å²) < 4.78 is 0. The quantitative estimate of drug-likeness (QED) is 0.546. The number of carbonyl (C=O) groups is 2.